The van der Waals surface area contributed by atoms with Crippen molar-refractivity contribution in [2.45, 2.75) is 5.37 Å². The molecule has 0 N–H and O–H groups in total. The van der Waals surface area contributed by atoms with E-state index < -0.39 is 0 Å². The Hall–Kier alpha value is -1.52. The molecule has 1 fully saturated rings. The highest BCUT2D eigenvalue weighted by atomic mass is 35.5. The van der Waals surface area contributed by atoms with Crippen LogP contribution in [0, 0.1) is 0 Å². The summed E-state index contributed by atoms with van der Waals surface area (Å²) >= 11 is 7.61. The Morgan fingerprint density at radius 3 is 2.95 bits per heavy atom. The first-order valence-electron chi connectivity index (χ1n) is 5.85. The fraction of sp³-hybridized carbons (Fsp3) is 0.143. The van der Waals surface area contributed by atoms with Crippen molar-refractivity contribution < 1.29 is 4.79 Å². The lowest BCUT2D eigenvalue weighted by atomic mass is 10.2. The summed E-state index contributed by atoms with van der Waals surface area (Å²) in [6.45, 7) is 0. The number of carbonyl (C=O) groups is 1. The van der Waals surface area contributed by atoms with Gasteiger partial charge in [0.05, 0.1) is 5.75 Å². The highest BCUT2D eigenvalue weighted by Gasteiger charge is 2.34. The summed E-state index contributed by atoms with van der Waals surface area (Å²) in [6, 6.07) is 11.2. The minimum atomic E-state index is -0.0281. The van der Waals surface area contributed by atoms with E-state index >= 15 is 0 Å². The van der Waals surface area contributed by atoms with Gasteiger partial charge in [-0.2, -0.15) is 0 Å². The number of thioether (sulfide) groups is 1. The third kappa shape index (κ3) is 2.46. The molecule has 96 valence electrons. The highest BCUT2D eigenvalue weighted by molar-refractivity contribution is 8.00. The van der Waals surface area contributed by atoms with Crippen molar-refractivity contribution >= 4 is 35.0 Å². The molecule has 1 aromatic carbocycles. The highest BCUT2D eigenvalue weighted by Crippen LogP contribution is 2.41. The minimum Gasteiger partial charge on any atom is -0.295 e. The SMILES string of the molecule is O=C1CS[C@H](c2cccnc2)N1c1cccc(Cl)c1. The Balaban J connectivity index is 2.00. The molecule has 2 aromatic rings. The molecule has 0 saturated carbocycles. The number of aromatic nitrogens is 1. The number of pyridine rings is 1. The van der Waals surface area contributed by atoms with Gasteiger partial charge in [-0.05, 0) is 24.3 Å². The van der Waals surface area contributed by atoms with Crippen LogP contribution >= 0.6 is 23.4 Å². The van der Waals surface area contributed by atoms with Crippen LogP contribution in [0.15, 0.2) is 48.8 Å². The molecule has 3 nitrogen and oxygen atoms in total. The van der Waals surface area contributed by atoms with Gasteiger partial charge in [-0.3, -0.25) is 14.7 Å². The molecular weight excluding hydrogens is 280 g/mol. The number of carbonyl (C=O) groups excluding carboxylic acids is 1. The van der Waals surface area contributed by atoms with Gasteiger partial charge >= 0.3 is 0 Å². The Labute approximate surface area is 120 Å². The number of amides is 1. The topological polar surface area (TPSA) is 33.2 Å². The van der Waals surface area contributed by atoms with Crippen molar-refractivity contribution in [1.82, 2.24) is 4.98 Å². The second kappa shape index (κ2) is 5.23. The predicted octanol–water partition coefficient (Wildman–Crippen LogP) is 3.51. The average Bonchev–Trinajstić information content (AvgIpc) is 2.82. The van der Waals surface area contributed by atoms with Crippen LogP contribution in [-0.2, 0) is 4.79 Å². The first-order chi connectivity index (χ1) is 9.25. The van der Waals surface area contributed by atoms with Gasteiger partial charge in [0.15, 0.2) is 0 Å². The molecule has 1 aliphatic heterocycles. The number of benzene rings is 1. The van der Waals surface area contributed by atoms with E-state index in [1.165, 1.54) is 0 Å². The maximum absolute atomic E-state index is 12.1. The molecular formula is C14H11ClN2OS. The third-order valence-corrected chi connectivity index (χ3v) is 4.37. The molecule has 0 bridgehead atoms. The zero-order valence-electron chi connectivity index (χ0n) is 9.99. The van der Waals surface area contributed by atoms with Gasteiger partial charge in [-0.25, -0.2) is 0 Å². The van der Waals surface area contributed by atoms with Gasteiger partial charge in [0.25, 0.3) is 0 Å². The molecule has 5 heteroatoms. The summed E-state index contributed by atoms with van der Waals surface area (Å²) in [5, 5.41) is 0.604. The van der Waals surface area contributed by atoms with Crippen molar-refractivity contribution in [2.24, 2.45) is 0 Å². The molecule has 0 spiro atoms. The second-order valence-corrected chi connectivity index (χ2v) is 5.70. The summed E-state index contributed by atoms with van der Waals surface area (Å²) in [5.41, 5.74) is 1.86. The van der Waals surface area contributed by atoms with Gasteiger partial charge in [0.2, 0.25) is 5.91 Å². The fourth-order valence-corrected chi connectivity index (χ4v) is 3.44. The van der Waals surface area contributed by atoms with Crippen molar-refractivity contribution in [1.29, 1.82) is 0 Å². The predicted molar refractivity (Wildman–Crippen MR) is 78.4 cm³/mol. The second-order valence-electron chi connectivity index (χ2n) is 4.19. The van der Waals surface area contributed by atoms with E-state index in [1.807, 2.05) is 30.3 Å². The monoisotopic (exact) mass is 290 g/mol. The quantitative estimate of drug-likeness (QED) is 0.848. The summed E-state index contributed by atoms with van der Waals surface area (Å²) in [7, 11) is 0. The normalized spacial score (nSPS) is 18.9. The van der Waals surface area contributed by atoms with Crippen LogP contribution in [0.1, 0.15) is 10.9 Å². The molecule has 0 aliphatic carbocycles. The number of hydrogen-bond acceptors (Lipinski definition) is 3. The van der Waals surface area contributed by atoms with Crippen molar-refractivity contribution in [3.8, 4) is 0 Å². The molecule has 1 amide bonds. The van der Waals surface area contributed by atoms with Crippen LogP contribution < -0.4 is 4.90 Å². The van der Waals surface area contributed by atoms with Crippen molar-refractivity contribution in [3.05, 3.63) is 59.4 Å². The molecule has 1 aliphatic rings. The van der Waals surface area contributed by atoms with E-state index in [0.29, 0.717) is 10.8 Å². The number of halogens is 1. The maximum atomic E-state index is 12.1. The van der Waals surface area contributed by atoms with Crippen LogP contribution in [0.2, 0.25) is 5.02 Å². The number of nitrogens with zero attached hydrogens (tertiary/aromatic N) is 2. The van der Waals surface area contributed by atoms with Gasteiger partial charge in [-0.1, -0.05) is 23.7 Å². The van der Waals surface area contributed by atoms with Gasteiger partial charge in [0, 0.05) is 28.7 Å². The smallest absolute Gasteiger partial charge is 0.238 e. The lowest BCUT2D eigenvalue weighted by Crippen LogP contribution is -2.27. The van der Waals surface area contributed by atoms with E-state index in [4.69, 9.17) is 11.6 Å². The largest absolute Gasteiger partial charge is 0.295 e. The molecule has 3 rings (SSSR count). The average molecular weight is 291 g/mol. The van der Waals surface area contributed by atoms with Crippen LogP contribution in [0.3, 0.4) is 0 Å². The van der Waals surface area contributed by atoms with E-state index in [1.54, 1.807) is 35.1 Å². The van der Waals surface area contributed by atoms with Crippen LogP contribution in [-0.4, -0.2) is 16.6 Å². The number of hydrogen-bond donors (Lipinski definition) is 0. The first kappa shape index (κ1) is 12.5. The minimum absolute atomic E-state index is 0.0281. The molecule has 0 unspecified atom stereocenters. The van der Waals surface area contributed by atoms with Gasteiger partial charge in [-0.15, -0.1) is 11.8 Å². The Morgan fingerprint density at radius 1 is 1.32 bits per heavy atom. The number of anilines is 1. The van der Waals surface area contributed by atoms with Crippen LogP contribution in [0.4, 0.5) is 5.69 Å². The Bertz CT molecular complexity index is 605. The van der Waals surface area contributed by atoms with E-state index in [-0.39, 0.29) is 11.3 Å². The third-order valence-electron chi connectivity index (χ3n) is 2.92. The molecule has 1 saturated heterocycles. The fourth-order valence-electron chi connectivity index (χ4n) is 2.10. The van der Waals surface area contributed by atoms with E-state index in [2.05, 4.69) is 4.98 Å². The Morgan fingerprint density at radius 2 is 2.21 bits per heavy atom. The van der Waals surface area contributed by atoms with Crippen LogP contribution in [0.25, 0.3) is 0 Å². The van der Waals surface area contributed by atoms with E-state index in [0.717, 1.165) is 11.3 Å². The zero-order chi connectivity index (χ0) is 13.2. The van der Waals surface area contributed by atoms with Gasteiger partial charge in [0.1, 0.15) is 5.37 Å². The summed E-state index contributed by atoms with van der Waals surface area (Å²) in [4.78, 5) is 18.0. The molecule has 0 radical (unpaired) electrons. The zero-order valence-corrected chi connectivity index (χ0v) is 11.6. The van der Waals surface area contributed by atoms with Gasteiger partial charge < -0.3 is 0 Å². The summed E-state index contributed by atoms with van der Waals surface area (Å²) in [6.07, 6.45) is 3.53. The molecule has 19 heavy (non-hydrogen) atoms. The number of rotatable bonds is 2. The molecule has 1 atom stereocenters. The lowest BCUT2D eigenvalue weighted by Gasteiger charge is -2.24. The van der Waals surface area contributed by atoms with Crippen molar-refractivity contribution in [2.75, 3.05) is 10.7 Å². The first-order valence-corrected chi connectivity index (χ1v) is 7.27. The standard InChI is InChI=1S/C14H11ClN2OS/c15-11-4-1-5-12(7-11)17-13(18)9-19-14(17)10-3-2-6-16-8-10/h1-8,14H,9H2/t14-/m1/s1. The lowest BCUT2D eigenvalue weighted by molar-refractivity contribution is -0.115. The summed E-state index contributed by atoms with van der Waals surface area (Å²) < 4.78 is 0. The summed E-state index contributed by atoms with van der Waals surface area (Å²) in [5.74, 6) is 0.577. The Kier molecular flexibility index (Phi) is 3.44. The van der Waals surface area contributed by atoms with Crippen molar-refractivity contribution in [3.63, 3.8) is 0 Å². The maximum Gasteiger partial charge on any atom is 0.238 e. The molecule has 2 heterocycles. The van der Waals surface area contributed by atoms with E-state index in [9.17, 15) is 4.79 Å². The molecule has 1 aromatic heterocycles. The van der Waals surface area contributed by atoms with Crippen LogP contribution in [0.5, 0.6) is 0 Å².